The molecule has 1 aromatic carbocycles. The Hall–Kier alpha value is -1.68. The van der Waals surface area contributed by atoms with Crippen molar-refractivity contribution < 1.29 is 27.2 Å². The van der Waals surface area contributed by atoms with Gasteiger partial charge >= 0.3 is 6.15 Å². The molecule has 0 saturated heterocycles. The van der Waals surface area contributed by atoms with Gasteiger partial charge in [-0.3, -0.25) is 0 Å². The largest absolute Gasteiger partial charge is 0.373 e. The van der Waals surface area contributed by atoms with Gasteiger partial charge in [-0.25, -0.2) is 17.6 Å². The second kappa shape index (κ2) is 6.02. The fourth-order valence-electron chi connectivity index (χ4n) is 1.10. The summed E-state index contributed by atoms with van der Waals surface area (Å²) in [5.74, 6) is -5.93. The lowest BCUT2D eigenvalue weighted by atomic mass is 10.0. The minimum absolute atomic E-state index is 0.205. The SMILES string of the molecule is CC(C)c1c(F)c(F)cc(F)c1F.O=C=O. The Kier molecular flexibility index (Phi) is 5.39. The summed E-state index contributed by atoms with van der Waals surface area (Å²) in [6.45, 7) is 2.92. The van der Waals surface area contributed by atoms with Crippen molar-refractivity contribution in [3.05, 3.63) is 34.9 Å². The van der Waals surface area contributed by atoms with Crippen molar-refractivity contribution in [2.45, 2.75) is 19.8 Å². The van der Waals surface area contributed by atoms with Crippen molar-refractivity contribution in [2.75, 3.05) is 0 Å². The second-order valence-corrected chi connectivity index (χ2v) is 3.12. The summed E-state index contributed by atoms with van der Waals surface area (Å²) >= 11 is 0. The van der Waals surface area contributed by atoms with E-state index in [0.717, 1.165) is 0 Å². The van der Waals surface area contributed by atoms with E-state index in [1.807, 2.05) is 0 Å². The summed E-state index contributed by atoms with van der Waals surface area (Å²) in [5, 5.41) is 0. The predicted octanol–water partition coefficient (Wildman–Crippen LogP) is 2.78. The highest BCUT2D eigenvalue weighted by molar-refractivity contribution is 5.25. The molecule has 0 aliphatic heterocycles. The van der Waals surface area contributed by atoms with E-state index in [0.29, 0.717) is 0 Å². The van der Waals surface area contributed by atoms with Crippen LogP contribution in [0, 0.1) is 23.3 Å². The molecule has 0 bridgehead atoms. The monoisotopic (exact) mass is 236 g/mol. The summed E-state index contributed by atoms with van der Waals surface area (Å²) in [5.41, 5.74) is -0.544. The first-order chi connectivity index (χ1) is 7.36. The molecule has 0 spiro atoms. The molecule has 6 heteroatoms. The van der Waals surface area contributed by atoms with E-state index in [1.165, 1.54) is 13.8 Å². The minimum Gasteiger partial charge on any atom is -0.204 e. The molecule has 0 saturated carbocycles. The van der Waals surface area contributed by atoms with Gasteiger partial charge in [-0.2, -0.15) is 9.59 Å². The van der Waals surface area contributed by atoms with E-state index in [4.69, 9.17) is 9.59 Å². The molecule has 0 aliphatic carbocycles. The molecule has 0 aromatic heterocycles. The Morgan fingerprint density at radius 1 is 1.00 bits per heavy atom. The molecule has 0 amide bonds. The standard InChI is InChI=1S/C9H8F4.CO2/c1-4(2)7-8(12)5(10)3-6(11)9(7)13;2-1-3/h3-4H,1-2H3;. The third-order valence-corrected chi connectivity index (χ3v) is 1.72. The van der Waals surface area contributed by atoms with Crippen LogP contribution in [0.5, 0.6) is 0 Å². The van der Waals surface area contributed by atoms with Crippen LogP contribution in [-0.2, 0) is 9.59 Å². The molecular weight excluding hydrogens is 228 g/mol. The minimum atomic E-state index is -1.36. The van der Waals surface area contributed by atoms with Gasteiger partial charge in [0.2, 0.25) is 0 Å². The molecule has 1 rings (SSSR count). The average Bonchev–Trinajstić information content (AvgIpc) is 2.16. The maximum absolute atomic E-state index is 12.9. The van der Waals surface area contributed by atoms with Crippen molar-refractivity contribution in [3.8, 4) is 0 Å². The normalized spacial score (nSPS) is 9.44. The molecular formula is C10H8F4O2. The Balaban J connectivity index is 0.000000673. The zero-order valence-corrected chi connectivity index (χ0v) is 8.48. The third kappa shape index (κ3) is 3.17. The second-order valence-electron chi connectivity index (χ2n) is 3.12. The first kappa shape index (κ1) is 14.3. The molecule has 0 radical (unpaired) electrons. The van der Waals surface area contributed by atoms with Crippen molar-refractivity contribution >= 4 is 6.15 Å². The zero-order valence-electron chi connectivity index (χ0n) is 8.48. The van der Waals surface area contributed by atoms with E-state index in [-0.39, 0.29) is 12.2 Å². The highest BCUT2D eigenvalue weighted by Crippen LogP contribution is 2.25. The van der Waals surface area contributed by atoms with Crippen molar-refractivity contribution in [1.29, 1.82) is 0 Å². The molecule has 0 heterocycles. The molecule has 16 heavy (non-hydrogen) atoms. The molecule has 1 aromatic rings. The Morgan fingerprint density at radius 3 is 1.56 bits per heavy atom. The summed E-state index contributed by atoms with van der Waals surface area (Å²) < 4.78 is 51.0. The summed E-state index contributed by atoms with van der Waals surface area (Å²) in [7, 11) is 0. The lowest BCUT2D eigenvalue weighted by Crippen LogP contribution is -2.03. The Labute approximate surface area is 88.9 Å². The van der Waals surface area contributed by atoms with Gasteiger partial charge in [0.05, 0.1) is 0 Å². The Morgan fingerprint density at radius 2 is 1.31 bits per heavy atom. The van der Waals surface area contributed by atoms with Crippen LogP contribution in [0.1, 0.15) is 25.3 Å². The number of benzene rings is 1. The van der Waals surface area contributed by atoms with Crippen LogP contribution >= 0.6 is 0 Å². The van der Waals surface area contributed by atoms with Crippen LogP contribution in [0.3, 0.4) is 0 Å². The molecule has 0 N–H and O–H groups in total. The number of halogens is 4. The van der Waals surface area contributed by atoms with Gasteiger partial charge in [0.15, 0.2) is 23.3 Å². The van der Waals surface area contributed by atoms with E-state index < -0.39 is 34.8 Å². The lowest BCUT2D eigenvalue weighted by Gasteiger charge is -2.09. The van der Waals surface area contributed by atoms with Crippen LogP contribution in [0.2, 0.25) is 0 Å². The highest BCUT2D eigenvalue weighted by atomic mass is 19.2. The molecule has 0 aliphatic rings. The maximum Gasteiger partial charge on any atom is 0.373 e. The van der Waals surface area contributed by atoms with Crippen molar-refractivity contribution in [3.63, 3.8) is 0 Å². The quantitative estimate of drug-likeness (QED) is 0.555. The van der Waals surface area contributed by atoms with Gasteiger partial charge in [-0.1, -0.05) is 13.8 Å². The molecule has 2 nitrogen and oxygen atoms in total. The number of carbonyl (C=O) groups excluding carboxylic acids is 2. The average molecular weight is 236 g/mol. The van der Waals surface area contributed by atoms with Crippen LogP contribution in [0.15, 0.2) is 6.07 Å². The van der Waals surface area contributed by atoms with E-state index in [1.54, 1.807) is 0 Å². The first-order valence-corrected chi connectivity index (χ1v) is 4.18. The smallest absolute Gasteiger partial charge is 0.204 e. The van der Waals surface area contributed by atoms with Gasteiger partial charge in [-0.05, 0) is 5.92 Å². The zero-order chi connectivity index (χ0) is 12.9. The molecule has 88 valence electrons. The van der Waals surface area contributed by atoms with Crippen molar-refractivity contribution in [1.82, 2.24) is 0 Å². The summed E-state index contributed by atoms with van der Waals surface area (Å²) in [6, 6.07) is 0.205. The van der Waals surface area contributed by atoms with Crippen LogP contribution in [0.25, 0.3) is 0 Å². The summed E-state index contributed by atoms with van der Waals surface area (Å²) in [6.07, 6.45) is 0.250. The van der Waals surface area contributed by atoms with E-state index >= 15 is 0 Å². The number of hydrogen-bond donors (Lipinski definition) is 0. The summed E-state index contributed by atoms with van der Waals surface area (Å²) in [4.78, 5) is 16.2. The van der Waals surface area contributed by atoms with E-state index in [9.17, 15) is 17.6 Å². The lowest BCUT2D eigenvalue weighted by molar-refractivity contribution is -0.191. The highest BCUT2D eigenvalue weighted by Gasteiger charge is 2.20. The Bertz CT molecular complexity index is 384. The van der Waals surface area contributed by atoms with Gasteiger partial charge < -0.3 is 0 Å². The van der Waals surface area contributed by atoms with E-state index in [2.05, 4.69) is 0 Å². The van der Waals surface area contributed by atoms with Crippen LogP contribution in [-0.4, -0.2) is 6.15 Å². The van der Waals surface area contributed by atoms with Gasteiger partial charge in [0, 0.05) is 11.6 Å². The fourth-order valence-corrected chi connectivity index (χ4v) is 1.10. The van der Waals surface area contributed by atoms with Crippen LogP contribution < -0.4 is 0 Å². The van der Waals surface area contributed by atoms with Crippen LogP contribution in [0.4, 0.5) is 17.6 Å². The topological polar surface area (TPSA) is 34.1 Å². The van der Waals surface area contributed by atoms with Gasteiger partial charge in [0.1, 0.15) is 0 Å². The van der Waals surface area contributed by atoms with Crippen molar-refractivity contribution in [2.24, 2.45) is 0 Å². The number of hydrogen-bond acceptors (Lipinski definition) is 2. The number of rotatable bonds is 1. The van der Waals surface area contributed by atoms with Gasteiger partial charge in [0.25, 0.3) is 0 Å². The molecule has 0 unspecified atom stereocenters. The predicted molar refractivity (Wildman–Crippen MR) is 45.4 cm³/mol. The first-order valence-electron chi connectivity index (χ1n) is 4.18. The molecule has 0 fully saturated rings. The maximum atomic E-state index is 12.9. The fraction of sp³-hybridized carbons (Fsp3) is 0.300. The molecule has 0 atom stereocenters. The third-order valence-electron chi connectivity index (χ3n) is 1.72. The van der Waals surface area contributed by atoms with Gasteiger partial charge in [-0.15, -0.1) is 0 Å².